The van der Waals surface area contributed by atoms with Crippen LogP contribution in [0.4, 0.5) is 4.79 Å². The van der Waals surface area contributed by atoms with Crippen LogP contribution < -0.4 is 5.32 Å². The Hall–Kier alpha value is -2.37. The third kappa shape index (κ3) is 3.04. The molecule has 0 unspecified atom stereocenters. The fourth-order valence-corrected chi connectivity index (χ4v) is 6.90. The topological polar surface area (TPSA) is 71.3 Å². The first-order chi connectivity index (χ1) is 14.2. The molecule has 7 rings (SSSR count). The summed E-state index contributed by atoms with van der Waals surface area (Å²) in [7, 11) is 0. The number of amides is 2. The number of hydrogen-bond acceptors (Lipinski definition) is 4. The summed E-state index contributed by atoms with van der Waals surface area (Å²) in [5.41, 5.74) is 0.966. The van der Waals surface area contributed by atoms with Crippen LogP contribution in [0.15, 0.2) is 34.9 Å². The van der Waals surface area contributed by atoms with E-state index in [2.05, 4.69) is 15.5 Å². The lowest BCUT2D eigenvalue weighted by molar-refractivity contribution is -0.0160. The third-order valence-corrected chi connectivity index (χ3v) is 7.68. The van der Waals surface area contributed by atoms with Crippen LogP contribution in [0.5, 0.6) is 0 Å². The third-order valence-electron chi connectivity index (χ3n) is 7.68. The molecule has 1 aromatic carbocycles. The summed E-state index contributed by atoms with van der Waals surface area (Å²) >= 11 is 0. The van der Waals surface area contributed by atoms with Crippen molar-refractivity contribution in [3.63, 3.8) is 0 Å². The fourth-order valence-electron chi connectivity index (χ4n) is 6.90. The van der Waals surface area contributed by atoms with E-state index in [0.717, 1.165) is 42.7 Å². The van der Waals surface area contributed by atoms with E-state index in [1.165, 1.54) is 38.5 Å². The summed E-state index contributed by atoms with van der Waals surface area (Å²) < 4.78 is 5.59. The Balaban J connectivity index is 1.20. The molecule has 2 aromatic rings. The maximum absolute atomic E-state index is 13.3. The number of urea groups is 1. The molecule has 1 aliphatic heterocycles. The number of likely N-dealkylation sites (tertiary alicyclic amines) is 1. The van der Waals surface area contributed by atoms with Crippen molar-refractivity contribution >= 4 is 6.03 Å². The monoisotopic (exact) mass is 392 g/mol. The quantitative estimate of drug-likeness (QED) is 0.832. The summed E-state index contributed by atoms with van der Waals surface area (Å²) in [6, 6.07) is 9.79. The van der Waals surface area contributed by atoms with E-state index in [1.54, 1.807) is 0 Å². The van der Waals surface area contributed by atoms with E-state index in [9.17, 15) is 4.79 Å². The van der Waals surface area contributed by atoms with Crippen molar-refractivity contribution in [1.29, 1.82) is 0 Å². The van der Waals surface area contributed by atoms with Gasteiger partial charge in [0, 0.05) is 17.6 Å². The molecule has 4 saturated carbocycles. The van der Waals surface area contributed by atoms with Crippen molar-refractivity contribution in [3.8, 4) is 11.4 Å². The van der Waals surface area contributed by atoms with Gasteiger partial charge in [-0.15, -0.1) is 0 Å². The van der Waals surface area contributed by atoms with Gasteiger partial charge in [-0.1, -0.05) is 35.5 Å². The van der Waals surface area contributed by atoms with E-state index in [1.807, 2.05) is 35.2 Å². The largest absolute Gasteiger partial charge is 0.337 e. The number of hydrogen-bond donors (Lipinski definition) is 1. The highest BCUT2D eigenvalue weighted by molar-refractivity contribution is 5.76. The summed E-state index contributed by atoms with van der Waals surface area (Å²) in [5.74, 6) is 3.61. The second-order valence-electron chi connectivity index (χ2n) is 9.80. The van der Waals surface area contributed by atoms with Gasteiger partial charge in [0.15, 0.2) is 0 Å². The van der Waals surface area contributed by atoms with Crippen molar-refractivity contribution in [1.82, 2.24) is 20.4 Å². The molecule has 0 spiro atoms. The lowest BCUT2D eigenvalue weighted by Crippen LogP contribution is -2.61. The molecule has 0 radical (unpaired) electrons. The molecule has 1 saturated heterocycles. The Kier molecular flexibility index (Phi) is 3.96. The second-order valence-corrected chi connectivity index (χ2v) is 9.80. The maximum atomic E-state index is 13.3. The lowest BCUT2D eigenvalue weighted by Gasteiger charge is -2.57. The van der Waals surface area contributed by atoms with Gasteiger partial charge in [-0.25, -0.2) is 4.79 Å². The summed E-state index contributed by atoms with van der Waals surface area (Å²) in [6.07, 6.45) is 9.50. The number of rotatable bonds is 3. The van der Waals surface area contributed by atoms with Crippen molar-refractivity contribution in [2.45, 2.75) is 62.9 Å². The van der Waals surface area contributed by atoms with Gasteiger partial charge in [0.2, 0.25) is 11.7 Å². The molecule has 6 nitrogen and oxygen atoms in total. The molecule has 4 bridgehead atoms. The average molecular weight is 393 g/mol. The van der Waals surface area contributed by atoms with Crippen LogP contribution in [-0.4, -0.2) is 33.2 Å². The molecular weight excluding hydrogens is 364 g/mol. The van der Waals surface area contributed by atoms with Gasteiger partial charge in [0.05, 0.1) is 0 Å². The van der Waals surface area contributed by atoms with Gasteiger partial charge in [0.25, 0.3) is 0 Å². The number of carbonyl (C=O) groups is 1. The summed E-state index contributed by atoms with van der Waals surface area (Å²) in [6.45, 7) is 0.756. The first-order valence-corrected chi connectivity index (χ1v) is 11.2. The Bertz CT molecular complexity index is 873. The zero-order valence-corrected chi connectivity index (χ0v) is 16.7. The molecule has 2 amide bonds. The van der Waals surface area contributed by atoms with E-state index < -0.39 is 0 Å². The Morgan fingerprint density at radius 2 is 1.76 bits per heavy atom. The minimum absolute atomic E-state index is 0.0308. The Morgan fingerprint density at radius 3 is 2.45 bits per heavy atom. The Morgan fingerprint density at radius 1 is 1.07 bits per heavy atom. The second kappa shape index (κ2) is 6.57. The van der Waals surface area contributed by atoms with Crippen LogP contribution in [0.25, 0.3) is 11.4 Å². The van der Waals surface area contributed by atoms with Crippen LogP contribution in [0, 0.1) is 17.8 Å². The van der Waals surface area contributed by atoms with Crippen LogP contribution >= 0.6 is 0 Å². The van der Waals surface area contributed by atoms with Gasteiger partial charge in [-0.2, -0.15) is 4.98 Å². The zero-order valence-electron chi connectivity index (χ0n) is 16.7. The first kappa shape index (κ1) is 17.5. The van der Waals surface area contributed by atoms with Crippen molar-refractivity contribution in [2.24, 2.45) is 17.8 Å². The summed E-state index contributed by atoms with van der Waals surface area (Å²) in [4.78, 5) is 19.9. The van der Waals surface area contributed by atoms with Crippen LogP contribution in [0.3, 0.4) is 0 Å². The minimum atomic E-state index is -0.117. The molecule has 5 aliphatic rings. The minimum Gasteiger partial charge on any atom is -0.337 e. The number of benzene rings is 1. The number of aromatic nitrogens is 2. The van der Waals surface area contributed by atoms with E-state index in [4.69, 9.17) is 4.52 Å². The number of carbonyl (C=O) groups excluding carboxylic acids is 1. The first-order valence-electron chi connectivity index (χ1n) is 11.2. The van der Waals surface area contributed by atoms with E-state index >= 15 is 0 Å². The molecule has 4 aliphatic carbocycles. The molecule has 1 N–H and O–H groups in total. The number of nitrogens with one attached hydrogen (secondary N) is 1. The van der Waals surface area contributed by atoms with Crippen LogP contribution in [0.1, 0.15) is 63.3 Å². The van der Waals surface area contributed by atoms with Crippen molar-refractivity contribution in [2.75, 3.05) is 6.54 Å². The van der Waals surface area contributed by atoms with Crippen molar-refractivity contribution in [3.05, 3.63) is 36.2 Å². The normalized spacial score (nSPS) is 35.2. The molecule has 1 aromatic heterocycles. The molecule has 6 heteroatoms. The van der Waals surface area contributed by atoms with E-state index in [0.29, 0.717) is 11.7 Å². The van der Waals surface area contributed by atoms with Crippen LogP contribution in [-0.2, 0) is 0 Å². The van der Waals surface area contributed by atoms with Gasteiger partial charge in [0.1, 0.15) is 6.04 Å². The predicted molar refractivity (Wildman–Crippen MR) is 108 cm³/mol. The average Bonchev–Trinajstić information content (AvgIpc) is 3.37. The molecule has 5 fully saturated rings. The smallest absolute Gasteiger partial charge is 0.318 e. The maximum Gasteiger partial charge on any atom is 0.318 e. The van der Waals surface area contributed by atoms with Crippen LogP contribution in [0.2, 0.25) is 0 Å². The van der Waals surface area contributed by atoms with Gasteiger partial charge in [-0.3, -0.25) is 0 Å². The fraction of sp³-hybridized carbons (Fsp3) is 0.609. The summed E-state index contributed by atoms with van der Waals surface area (Å²) in [5, 5.41) is 7.66. The predicted octanol–water partition coefficient (Wildman–Crippen LogP) is 4.55. The highest BCUT2D eigenvalue weighted by Gasteiger charge is 2.52. The molecule has 152 valence electrons. The highest BCUT2D eigenvalue weighted by Crippen LogP contribution is 2.55. The van der Waals surface area contributed by atoms with Crippen molar-refractivity contribution < 1.29 is 9.32 Å². The van der Waals surface area contributed by atoms with Gasteiger partial charge >= 0.3 is 6.03 Å². The molecular formula is C23H28N4O2. The zero-order chi connectivity index (χ0) is 19.4. The lowest BCUT2D eigenvalue weighted by atomic mass is 9.53. The van der Waals surface area contributed by atoms with Gasteiger partial charge in [-0.05, 0) is 69.1 Å². The standard InChI is InChI=1S/C23H28N4O2/c28-22(25-23-12-15-9-16(13-23)11-17(10-15)14-23)27-8-4-7-19(27)21-24-20(26-29-21)18-5-2-1-3-6-18/h1-3,5-6,15-17,19H,4,7-14H2,(H,25,28)/t15?,16?,17?,19-,23?/m0/s1. The highest BCUT2D eigenvalue weighted by atomic mass is 16.5. The molecule has 1 atom stereocenters. The SMILES string of the molecule is O=C(NC12CC3CC(CC(C3)C1)C2)N1CCC[C@H]1c1nc(-c2ccccc2)no1. The van der Waals surface area contributed by atoms with Gasteiger partial charge < -0.3 is 14.7 Å². The molecule has 29 heavy (non-hydrogen) atoms. The number of nitrogens with zero attached hydrogens (tertiary/aromatic N) is 3. The Labute approximate surface area is 171 Å². The van der Waals surface area contributed by atoms with E-state index in [-0.39, 0.29) is 17.6 Å². The molecule has 2 heterocycles.